The average molecular weight is 551 g/mol. The molecular weight excluding hydrogens is 528 g/mol. The number of anilines is 6. The van der Waals surface area contributed by atoms with Crippen LogP contribution in [0.15, 0.2) is 91.0 Å². The highest BCUT2D eigenvalue weighted by atomic mass is 16.2. The Morgan fingerprint density at radius 3 is 1.44 bits per heavy atom. The molecule has 0 aromatic heterocycles. The Morgan fingerprint density at radius 1 is 0.537 bits per heavy atom. The summed E-state index contributed by atoms with van der Waals surface area (Å²) in [6.45, 7) is 1.76. The number of carbonyl (C=O) groups excluding carboxylic acids is 6. The molecule has 2 aliphatic rings. The fourth-order valence-electron chi connectivity index (χ4n) is 4.22. The van der Waals surface area contributed by atoms with Gasteiger partial charge in [-0.1, -0.05) is 30.3 Å². The van der Waals surface area contributed by atoms with E-state index in [0.717, 1.165) is 34.1 Å². The first-order valence-corrected chi connectivity index (χ1v) is 12.3. The number of carbonyl (C=O) groups is 6. The minimum Gasteiger partial charge on any atom is -0.308 e. The van der Waals surface area contributed by atoms with Gasteiger partial charge < -0.3 is 21.3 Å². The summed E-state index contributed by atoms with van der Waals surface area (Å²) in [4.78, 5) is 76.1. The van der Waals surface area contributed by atoms with E-state index in [1.165, 1.54) is 12.1 Å². The van der Waals surface area contributed by atoms with Gasteiger partial charge in [-0.3, -0.25) is 19.2 Å². The van der Waals surface area contributed by atoms with Crippen molar-refractivity contribution in [3.05, 3.63) is 96.6 Å². The minimum absolute atomic E-state index is 0.221. The lowest BCUT2D eigenvalue weighted by atomic mass is 10.2. The van der Waals surface area contributed by atoms with E-state index in [4.69, 9.17) is 0 Å². The van der Waals surface area contributed by atoms with Gasteiger partial charge in [0.15, 0.2) is 0 Å². The van der Waals surface area contributed by atoms with Gasteiger partial charge in [-0.05, 0) is 48.9 Å². The zero-order chi connectivity index (χ0) is 29.1. The van der Waals surface area contributed by atoms with E-state index in [9.17, 15) is 28.8 Å². The normalized spacial score (nSPS) is 14.1. The maximum Gasteiger partial charge on any atom is 0.323 e. The van der Waals surface area contributed by atoms with Crippen LogP contribution < -0.4 is 31.1 Å². The number of rotatable bonds is 6. The van der Waals surface area contributed by atoms with Crippen LogP contribution in [-0.2, 0) is 19.2 Å². The van der Waals surface area contributed by atoms with E-state index in [1.54, 1.807) is 61.5 Å². The number of aryl methyl sites for hydroxylation is 1. The van der Waals surface area contributed by atoms with E-state index in [0.29, 0.717) is 16.9 Å². The summed E-state index contributed by atoms with van der Waals surface area (Å²) >= 11 is 0. The fraction of sp³-hybridized carbons (Fsp3) is 0.0345. The molecule has 0 saturated carbocycles. The number of urea groups is 2. The van der Waals surface area contributed by atoms with Gasteiger partial charge in [0.25, 0.3) is 23.6 Å². The zero-order valence-corrected chi connectivity index (χ0v) is 21.5. The highest BCUT2D eigenvalue weighted by molar-refractivity contribution is 6.30. The molecule has 3 aromatic rings. The molecule has 0 saturated heterocycles. The predicted octanol–water partition coefficient (Wildman–Crippen LogP) is 4.14. The molecule has 0 radical (unpaired) electrons. The Morgan fingerprint density at radius 2 is 0.951 bits per heavy atom. The molecular formula is C29H22N6O6. The minimum atomic E-state index is -0.647. The monoisotopic (exact) mass is 550 g/mol. The third kappa shape index (κ3) is 5.56. The average Bonchev–Trinajstić information content (AvgIpc) is 3.45. The number of hydrogen-bond donors (Lipinski definition) is 4. The molecule has 12 nitrogen and oxygen atoms in total. The summed E-state index contributed by atoms with van der Waals surface area (Å²) in [5.41, 5.74) is 2.34. The maximum atomic E-state index is 12.9. The topological polar surface area (TPSA) is 157 Å². The van der Waals surface area contributed by atoms with E-state index >= 15 is 0 Å². The predicted molar refractivity (Wildman–Crippen MR) is 153 cm³/mol. The Balaban J connectivity index is 1.27. The van der Waals surface area contributed by atoms with Gasteiger partial charge >= 0.3 is 12.1 Å². The molecule has 8 amide bonds. The number of benzene rings is 3. The molecule has 2 heterocycles. The fourth-order valence-corrected chi connectivity index (χ4v) is 4.22. The van der Waals surface area contributed by atoms with Crippen LogP contribution in [0.4, 0.5) is 43.7 Å². The number of imide groups is 2. The molecule has 0 fully saturated rings. The second-order valence-electron chi connectivity index (χ2n) is 8.91. The van der Waals surface area contributed by atoms with Crippen LogP contribution in [0, 0.1) is 6.92 Å². The van der Waals surface area contributed by atoms with Crippen LogP contribution in [0.25, 0.3) is 0 Å². The van der Waals surface area contributed by atoms with Crippen molar-refractivity contribution < 1.29 is 28.8 Å². The number of para-hydroxylation sites is 4. The number of amides is 8. The molecule has 12 heteroatoms. The smallest absolute Gasteiger partial charge is 0.308 e. The molecule has 0 atom stereocenters. The SMILES string of the molecule is Cc1ccc(NC(=O)Nc2ccccc2N2C(=O)C=CC2=O)cc1NC(=O)Nc1ccccc1N1C(=O)C=CC1=O. The van der Waals surface area contributed by atoms with Crippen molar-refractivity contribution in [1.29, 1.82) is 0 Å². The van der Waals surface area contributed by atoms with Crippen LogP contribution in [0.1, 0.15) is 5.56 Å². The van der Waals surface area contributed by atoms with Crippen molar-refractivity contribution in [1.82, 2.24) is 0 Å². The molecule has 0 bridgehead atoms. The van der Waals surface area contributed by atoms with Crippen molar-refractivity contribution in [3.63, 3.8) is 0 Å². The second kappa shape index (κ2) is 11.0. The van der Waals surface area contributed by atoms with Gasteiger partial charge in [-0.25, -0.2) is 19.4 Å². The van der Waals surface area contributed by atoms with Crippen molar-refractivity contribution in [2.45, 2.75) is 6.92 Å². The van der Waals surface area contributed by atoms with Crippen molar-refractivity contribution in [2.24, 2.45) is 0 Å². The van der Waals surface area contributed by atoms with E-state index in [2.05, 4.69) is 21.3 Å². The molecule has 3 aromatic carbocycles. The Labute approximate surface area is 233 Å². The Bertz CT molecular complexity index is 1660. The van der Waals surface area contributed by atoms with Crippen LogP contribution in [0.2, 0.25) is 0 Å². The Hall–Kier alpha value is -6.04. The summed E-state index contributed by atoms with van der Waals surface area (Å²) in [6, 6.07) is 16.3. The summed E-state index contributed by atoms with van der Waals surface area (Å²) in [5, 5.41) is 10.7. The lowest BCUT2D eigenvalue weighted by molar-refractivity contribution is -0.121. The summed E-state index contributed by atoms with van der Waals surface area (Å²) in [6.07, 6.45) is 4.60. The van der Waals surface area contributed by atoms with Crippen molar-refractivity contribution in [3.8, 4) is 0 Å². The van der Waals surface area contributed by atoms with E-state index in [-0.39, 0.29) is 22.7 Å². The largest absolute Gasteiger partial charge is 0.323 e. The first kappa shape index (κ1) is 26.6. The first-order chi connectivity index (χ1) is 19.7. The van der Waals surface area contributed by atoms with Gasteiger partial charge in [-0.15, -0.1) is 0 Å². The van der Waals surface area contributed by atoms with Crippen molar-refractivity contribution >= 4 is 69.8 Å². The molecule has 0 spiro atoms. The van der Waals surface area contributed by atoms with E-state index in [1.807, 2.05) is 0 Å². The lowest BCUT2D eigenvalue weighted by Crippen LogP contribution is -2.31. The molecule has 0 unspecified atom stereocenters. The third-order valence-electron chi connectivity index (χ3n) is 6.15. The van der Waals surface area contributed by atoms with Crippen LogP contribution in [0.3, 0.4) is 0 Å². The highest BCUT2D eigenvalue weighted by Gasteiger charge is 2.28. The Kier molecular flexibility index (Phi) is 7.11. The molecule has 5 rings (SSSR count). The summed E-state index contributed by atoms with van der Waals surface area (Å²) in [5.74, 6) is -2.07. The van der Waals surface area contributed by atoms with Gasteiger partial charge in [0.05, 0.1) is 22.7 Å². The standard InChI is InChI=1S/C29H22N6O6/c1-17-10-11-18(30-28(40)31-19-6-2-4-8-22(19)34-24(36)12-13-25(34)37)16-21(17)33-29(41)32-20-7-3-5-9-23(20)35-26(38)14-15-27(35)39/h2-16H,1H3,(H2,30,31,40)(H2,32,33,41). The molecule has 0 aliphatic carbocycles. The number of hydrogen-bond acceptors (Lipinski definition) is 6. The molecule has 204 valence electrons. The second-order valence-corrected chi connectivity index (χ2v) is 8.91. The quantitative estimate of drug-likeness (QED) is 0.338. The number of nitrogens with one attached hydrogen (secondary N) is 4. The highest BCUT2D eigenvalue weighted by Crippen LogP contribution is 2.30. The first-order valence-electron chi connectivity index (χ1n) is 12.3. The molecule has 4 N–H and O–H groups in total. The third-order valence-corrected chi connectivity index (χ3v) is 6.15. The molecule has 41 heavy (non-hydrogen) atoms. The van der Waals surface area contributed by atoms with Gasteiger partial charge in [0, 0.05) is 35.7 Å². The van der Waals surface area contributed by atoms with Crippen LogP contribution >= 0.6 is 0 Å². The van der Waals surface area contributed by atoms with Crippen LogP contribution in [0.5, 0.6) is 0 Å². The lowest BCUT2D eigenvalue weighted by Gasteiger charge is -2.19. The zero-order valence-electron chi connectivity index (χ0n) is 21.5. The molecule has 2 aliphatic heterocycles. The summed E-state index contributed by atoms with van der Waals surface area (Å²) < 4.78 is 0. The maximum absolute atomic E-state index is 12.9. The van der Waals surface area contributed by atoms with Crippen molar-refractivity contribution in [2.75, 3.05) is 31.1 Å². The van der Waals surface area contributed by atoms with Gasteiger partial charge in [0.1, 0.15) is 0 Å². The van der Waals surface area contributed by atoms with Gasteiger partial charge in [0.2, 0.25) is 0 Å². The summed E-state index contributed by atoms with van der Waals surface area (Å²) in [7, 11) is 0. The number of nitrogens with zero attached hydrogens (tertiary/aromatic N) is 2. The van der Waals surface area contributed by atoms with Gasteiger partial charge in [-0.2, -0.15) is 0 Å². The van der Waals surface area contributed by atoms with Crippen LogP contribution in [-0.4, -0.2) is 35.7 Å². The van der Waals surface area contributed by atoms with E-state index < -0.39 is 35.7 Å².